The van der Waals surface area contributed by atoms with E-state index in [1.807, 2.05) is 48.5 Å². The van der Waals surface area contributed by atoms with Gasteiger partial charge in [0, 0.05) is 16.5 Å². The number of carbonyl (C=O) groups excluding carboxylic acids is 1. The molecular weight excluding hydrogens is 366 g/mol. The Balaban J connectivity index is 2.32. The van der Waals surface area contributed by atoms with Crippen LogP contribution < -0.4 is 0 Å². The summed E-state index contributed by atoms with van der Waals surface area (Å²) in [6.07, 6.45) is 0.583. The summed E-state index contributed by atoms with van der Waals surface area (Å²) in [5.41, 5.74) is 1.99. The molecule has 0 radical (unpaired) electrons. The van der Waals surface area contributed by atoms with Crippen LogP contribution in [0.1, 0.15) is 17.0 Å². The maximum absolute atomic E-state index is 12.6. The Morgan fingerprint density at radius 3 is 2.55 bits per heavy atom. The third-order valence-electron chi connectivity index (χ3n) is 3.49. The number of hydrogen-bond acceptors (Lipinski definition) is 2. The van der Waals surface area contributed by atoms with Gasteiger partial charge in [-0.25, -0.2) is 5.06 Å². The molecule has 1 atom stereocenters. The number of nitrogens with zero attached hydrogens (tertiary/aromatic N) is 1. The molecule has 22 heavy (non-hydrogen) atoms. The topological polar surface area (TPSA) is 29.5 Å². The van der Waals surface area contributed by atoms with Crippen LogP contribution in [0.3, 0.4) is 0 Å². The molecule has 5 heteroatoms. The summed E-state index contributed by atoms with van der Waals surface area (Å²) in [6.45, 7) is 0. The van der Waals surface area contributed by atoms with E-state index in [0.717, 1.165) is 15.6 Å². The van der Waals surface area contributed by atoms with Crippen molar-refractivity contribution in [1.29, 1.82) is 0 Å². The quantitative estimate of drug-likeness (QED) is 0.715. The molecule has 0 saturated carbocycles. The molecular formula is C17H17BrClNO2. The molecule has 3 nitrogen and oxygen atoms in total. The number of hydroxylamine groups is 2. The predicted molar refractivity (Wildman–Crippen MR) is 91.8 cm³/mol. The molecule has 0 aliphatic carbocycles. The monoisotopic (exact) mass is 381 g/mol. The third-order valence-corrected chi connectivity index (χ3v) is 4.23. The standard InChI is InChI=1S/C17H17BrClNO2/c1-20(22-2)17(21)16(13-4-3-5-14(18)11-13)10-12-6-8-15(19)9-7-12/h3-9,11,16H,10H2,1-2H3. The fraction of sp³-hybridized carbons (Fsp3) is 0.235. The molecule has 0 aliphatic heterocycles. The minimum Gasteiger partial charge on any atom is -0.275 e. The molecule has 2 aromatic carbocycles. The summed E-state index contributed by atoms with van der Waals surface area (Å²) in [6, 6.07) is 15.3. The van der Waals surface area contributed by atoms with Gasteiger partial charge in [0.1, 0.15) is 0 Å². The van der Waals surface area contributed by atoms with Crippen LogP contribution in [0, 0.1) is 0 Å². The number of likely N-dealkylation sites (N-methyl/N-ethyl adjacent to an activating group) is 1. The second kappa shape index (κ2) is 7.77. The Morgan fingerprint density at radius 1 is 1.27 bits per heavy atom. The third kappa shape index (κ3) is 4.32. The molecule has 0 spiro atoms. The van der Waals surface area contributed by atoms with E-state index in [0.29, 0.717) is 11.4 Å². The lowest BCUT2D eigenvalue weighted by molar-refractivity contribution is -0.170. The zero-order valence-corrected chi connectivity index (χ0v) is 14.8. The first-order valence-corrected chi connectivity index (χ1v) is 8.00. The van der Waals surface area contributed by atoms with Crippen molar-refractivity contribution < 1.29 is 9.63 Å². The van der Waals surface area contributed by atoms with Gasteiger partial charge in [-0.3, -0.25) is 9.63 Å². The number of rotatable bonds is 5. The first kappa shape index (κ1) is 17.0. The van der Waals surface area contributed by atoms with E-state index < -0.39 is 0 Å². The van der Waals surface area contributed by atoms with Crippen molar-refractivity contribution in [2.75, 3.05) is 14.2 Å². The molecule has 1 amide bonds. The highest BCUT2D eigenvalue weighted by molar-refractivity contribution is 9.10. The molecule has 0 N–H and O–H groups in total. The van der Waals surface area contributed by atoms with Gasteiger partial charge in [-0.2, -0.15) is 0 Å². The highest BCUT2D eigenvalue weighted by Gasteiger charge is 2.24. The van der Waals surface area contributed by atoms with Gasteiger partial charge in [-0.15, -0.1) is 0 Å². The molecule has 0 saturated heterocycles. The van der Waals surface area contributed by atoms with Gasteiger partial charge in [-0.1, -0.05) is 51.8 Å². The van der Waals surface area contributed by atoms with E-state index in [1.54, 1.807) is 7.05 Å². The van der Waals surface area contributed by atoms with Gasteiger partial charge < -0.3 is 0 Å². The second-order valence-electron chi connectivity index (χ2n) is 4.96. The van der Waals surface area contributed by atoms with E-state index >= 15 is 0 Å². The Bertz CT molecular complexity index is 645. The number of carbonyl (C=O) groups is 1. The Hall–Kier alpha value is -1.36. The molecule has 0 aromatic heterocycles. The lowest BCUT2D eigenvalue weighted by atomic mass is 9.91. The highest BCUT2D eigenvalue weighted by Crippen LogP contribution is 2.26. The van der Waals surface area contributed by atoms with Crippen LogP contribution in [0.15, 0.2) is 53.0 Å². The van der Waals surface area contributed by atoms with Crippen LogP contribution in [0.5, 0.6) is 0 Å². The summed E-state index contributed by atoms with van der Waals surface area (Å²) in [5.74, 6) is -0.404. The minimum absolute atomic E-state index is 0.0875. The molecule has 116 valence electrons. The van der Waals surface area contributed by atoms with E-state index in [1.165, 1.54) is 12.2 Å². The molecule has 2 aromatic rings. The number of halogens is 2. The molecule has 0 fully saturated rings. The number of benzene rings is 2. The van der Waals surface area contributed by atoms with E-state index in [4.69, 9.17) is 16.4 Å². The average Bonchev–Trinajstić information content (AvgIpc) is 2.53. The van der Waals surface area contributed by atoms with Crippen LogP contribution in [0.25, 0.3) is 0 Å². The zero-order valence-electron chi connectivity index (χ0n) is 12.4. The van der Waals surface area contributed by atoms with Crippen LogP contribution in [0.4, 0.5) is 0 Å². The van der Waals surface area contributed by atoms with Gasteiger partial charge in [0.25, 0.3) is 5.91 Å². The van der Waals surface area contributed by atoms with Crippen molar-refractivity contribution in [3.8, 4) is 0 Å². The lowest BCUT2D eigenvalue weighted by Gasteiger charge is -2.22. The predicted octanol–water partition coefficient (Wildman–Crippen LogP) is 4.45. The molecule has 1 unspecified atom stereocenters. The first-order valence-electron chi connectivity index (χ1n) is 6.83. The fourth-order valence-electron chi connectivity index (χ4n) is 2.24. The summed E-state index contributed by atoms with van der Waals surface area (Å²) < 4.78 is 0.943. The Labute approximate surface area is 143 Å². The molecule has 0 heterocycles. The van der Waals surface area contributed by atoms with Gasteiger partial charge >= 0.3 is 0 Å². The molecule has 0 bridgehead atoms. The molecule has 0 aliphatic rings. The summed E-state index contributed by atoms with van der Waals surface area (Å²) in [7, 11) is 3.10. The van der Waals surface area contributed by atoms with E-state index in [-0.39, 0.29) is 11.8 Å². The maximum Gasteiger partial charge on any atom is 0.253 e. The van der Waals surface area contributed by atoms with Gasteiger partial charge in [-0.05, 0) is 41.8 Å². The van der Waals surface area contributed by atoms with Crippen LogP contribution in [0.2, 0.25) is 5.02 Å². The van der Waals surface area contributed by atoms with Gasteiger partial charge in [0.2, 0.25) is 0 Å². The Morgan fingerprint density at radius 2 is 1.95 bits per heavy atom. The van der Waals surface area contributed by atoms with Crippen molar-refractivity contribution in [2.45, 2.75) is 12.3 Å². The minimum atomic E-state index is -0.316. The fourth-order valence-corrected chi connectivity index (χ4v) is 2.78. The van der Waals surface area contributed by atoms with Crippen LogP contribution in [-0.2, 0) is 16.1 Å². The summed E-state index contributed by atoms with van der Waals surface area (Å²) in [4.78, 5) is 17.7. The average molecular weight is 383 g/mol. The second-order valence-corrected chi connectivity index (χ2v) is 6.31. The molecule has 2 rings (SSSR count). The zero-order chi connectivity index (χ0) is 16.1. The number of amides is 1. The van der Waals surface area contributed by atoms with Gasteiger partial charge in [0.05, 0.1) is 13.0 Å². The highest BCUT2D eigenvalue weighted by atomic mass is 79.9. The number of hydrogen-bond donors (Lipinski definition) is 0. The summed E-state index contributed by atoms with van der Waals surface area (Å²) in [5, 5.41) is 1.95. The Kier molecular flexibility index (Phi) is 6.00. The van der Waals surface area contributed by atoms with Crippen molar-refractivity contribution in [3.05, 3.63) is 69.2 Å². The maximum atomic E-state index is 12.6. The lowest BCUT2D eigenvalue weighted by Crippen LogP contribution is -2.32. The van der Waals surface area contributed by atoms with Crippen molar-refractivity contribution in [3.63, 3.8) is 0 Å². The first-order chi connectivity index (χ1) is 10.5. The van der Waals surface area contributed by atoms with Crippen molar-refractivity contribution >= 4 is 33.4 Å². The van der Waals surface area contributed by atoms with Crippen molar-refractivity contribution in [2.24, 2.45) is 0 Å². The van der Waals surface area contributed by atoms with Gasteiger partial charge in [0.15, 0.2) is 0 Å². The normalized spacial score (nSPS) is 12.0. The smallest absolute Gasteiger partial charge is 0.253 e. The van der Waals surface area contributed by atoms with E-state index in [9.17, 15) is 4.79 Å². The summed E-state index contributed by atoms with van der Waals surface area (Å²) >= 11 is 9.38. The van der Waals surface area contributed by atoms with Crippen LogP contribution in [-0.4, -0.2) is 25.1 Å². The van der Waals surface area contributed by atoms with Crippen molar-refractivity contribution in [1.82, 2.24) is 5.06 Å². The van der Waals surface area contributed by atoms with Crippen LogP contribution >= 0.6 is 27.5 Å². The SMILES string of the molecule is CON(C)C(=O)C(Cc1ccc(Cl)cc1)c1cccc(Br)c1. The van der Waals surface area contributed by atoms with E-state index in [2.05, 4.69) is 15.9 Å². The largest absolute Gasteiger partial charge is 0.275 e.